The highest BCUT2D eigenvalue weighted by molar-refractivity contribution is 7.80. The molecule has 2 aliphatic heterocycles. The van der Waals surface area contributed by atoms with Gasteiger partial charge in [0, 0.05) is 5.92 Å². The normalized spacial score (nSPS) is 50.9. The van der Waals surface area contributed by atoms with Gasteiger partial charge < -0.3 is 54.2 Å². The van der Waals surface area contributed by atoms with Crippen LogP contribution in [0.1, 0.15) is 80.1 Å². The monoisotopic (exact) mass is 716 g/mol. The SMILES string of the molecule is CC(C)[C@H](C)[C@H](O)[C@@H]1O[C@H]2CC3C4C[C@H](OS(=O)(=O)[O-])C5C[C@@H](OC6OC(C(=O)[O-])C(O)C(O)C6O)CC[C@]5(C)C4=CC[C@]3(C)[C@H]2[C@@]1(C)O. The highest BCUT2D eigenvalue weighted by Gasteiger charge is 2.70. The van der Waals surface area contributed by atoms with Crippen molar-refractivity contribution >= 4 is 16.4 Å². The van der Waals surface area contributed by atoms with Crippen molar-refractivity contribution in [2.75, 3.05) is 0 Å². The fourth-order valence-electron chi connectivity index (χ4n) is 11.0. The number of rotatable bonds is 8. The summed E-state index contributed by atoms with van der Waals surface area (Å²) < 4.78 is 59.4. The number of allylic oxidation sites excluding steroid dienone is 2. The zero-order valence-corrected chi connectivity index (χ0v) is 29.7. The van der Waals surface area contributed by atoms with Crippen LogP contribution in [0.25, 0.3) is 0 Å². The minimum absolute atomic E-state index is 0.0259. The molecule has 6 aliphatic rings. The Morgan fingerprint density at radius 2 is 1.69 bits per heavy atom. The van der Waals surface area contributed by atoms with E-state index in [1.54, 1.807) is 6.92 Å². The van der Waals surface area contributed by atoms with E-state index in [-0.39, 0.29) is 48.5 Å². The molecule has 8 unspecified atom stereocenters. The van der Waals surface area contributed by atoms with Crippen LogP contribution in [0.5, 0.6) is 0 Å². The first-order valence-corrected chi connectivity index (χ1v) is 18.9. The number of carbonyl (C=O) groups excluding carboxylic acids is 1. The van der Waals surface area contributed by atoms with Gasteiger partial charge in [-0.25, -0.2) is 8.42 Å². The van der Waals surface area contributed by atoms with E-state index in [4.69, 9.17) is 18.4 Å². The first-order chi connectivity index (χ1) is 22.6. The van der Waals surface area contributed by atoms with Crippen LogP contribution in [-0.4, -0.2) is 111 Å². The Balaban J connectivity index is 1.27. The van der Waals surface area contributed by atoms with Gasteiger partial charge in [-0.3, -0.25) is 4.18 Å². The van der Waals surface area contributed by atoms with Gasteiger partial charge in [0.1, 0.15) is 30.5 Å². The van der Waals surface area contributed by atoms with Crippen molar-refractivity contribution in [3.8, 4) is 0 Å². The molecule has 3 saturated carbocycles. The second-order valence-corrected chi connectivity index (χ2v) is 17.8. The van der Waals surface area contributed by atoms with Crippen molar-refractivity contribution in [3.05, 3.63) is 11.6 Å². The van der Waals surface area contributed by atoms with E-state index in [0.29, 0.717) is 25.7 Å². The molecule has 2 saturated heterocycles. The standard InChI is InChI=1S/C34H54O14S/c1-14(2)15(3)23(35)29-34(6,41)28-22(46-29)13-19-17-12-21(48-49(42,43)44)20-11-16(7-9-32(20,4)18(17)8-10-33(19,28)5)45-31-26(38)24(36)25(37)27(47-31)30(39)40/h8,14-17,19-29,31,35-38,41H,7,9-13H2,1-6H3,(H,39,40)(H,42,43,44)/p-2/t15-,16-,17?,19?,20?,21-,22-,23-,24?,25?,26?,27?,28-,29-,31?,32+,33-,34+/m0/s1. The molecule has 0 aromatic carbocycles. The molecule has 0 aromatic rings. The van der Waals surface area contributed by atoms with Gasteiger partial charge in [0.05, 0.1) is 36.0 Å². The van der Waals surface area contributed by atoms with Crippen LogP contribution in [0.3, 0.4) is 0 Å². The van der Waals surface area contributed by atoms with Gasteiger partial charge in [-0.1, -0.05) is 46.3 Å². The molecule has 49 heavy (non-hydrogen) atoms. The topological polar surface area (TPSA) is 235 Å². The lowest BCUT2D eigenvalue weighted by Gasteiger charge is -2.59. The van der Waals surface area contributed by atoms with Crippen molar-refractivity contribution in [1.29, 1.82) is 0 Å². The fourth-order valence-corrected chi connectivity index (χ4v) is 11.5. The molecule has 0 bridgehead atoms. The average Bonchev–Trinajstić information content (AvgIpc) is 3.46. The lowest BCUT2D eigenvalue weighted by Crippen LogP contribution is -2.63. The molecular weight excluding hydrogens is 664 g/mol. The zero-order chi connectivity index (χ0) is 36.2. The molecule has 0 radical (unpaired) electrons. The second-order valence-electron chi connectivity index (χ2n) is 16.8. The number of ether oxygens (including phenoxy) is 3. The number of carboxylic acids is 1. The van der Waals surface area contributed by atoms with Gasteiger partial charge in [-0.05, 0) is 85.9 Å². The molecule has 6 rings (SSSR count). The maximum Gasteiger partial charge on any atom is 0.217 e. The first-order valence-electron chi connectivity index (χ1n) is 17.6. The molecule has 5 N–H and O–H groups in total. The molecule has 2 heterocycles. The number of hydrogen-bond donors (Lipinski definition) is 5. The summed E-state index contributed by atoms with van der Waals surface area (Å²) in [7, 11) is -5.13. The summed E-state index contributed by atoms with van der Waals surface area (Å²) in [6.45, 7) is 11.9. The minimum Gasteiger partial charge on any atom is -0.726 e. The highest BCUT2D eigenvalue weighted by atomic mass is 32.3. The Bertz CT molecular complexity index is 1420. The van der Waals surface area contributed by atoms with E-state index in [2.05, 4.69) is 13.0 Å². The van der Waals surface area contributed by atoms with Gasteiger partial charge in [-0.15, -0.1) is 0 Å². The summed E-state index contributed by atoms with van der Waals surface area (Å²) in [6, 6.07) is 0. The molecule has 4 aliphatic carbocycles. The smallest absolute Gasteiger partial charge is 0.217 e. The van der Waals surface area contributed by atoms with Crippen molar-refractivity contribution < 1.29 is 66.8 Å². The third kappa shape index (κ3) is 6.12. The van der Waals surface area contributed by atoms with Crippen molar-refractivity contribution in [3.63, 3.8) is 0 Å². The lowest BCUT2D eigenvalue weighted by atomic mass is 9.47. The number of aliphatic hydroxyl groups excluding tert-OH is 4. The fraction of sp³-hybridized carbons (Fsp3) is 0.912. The summed E-state index contributed by atoms with van der Waals surface area (Å²) in [5, 5.41) is 65.7. The molecule has 15 heteroatoms. The average molecular weight is 717 g/mol. The van der Waals surface area contributed by atoms with Crippen LogP contribution >= 0.6 is 0 Å². The van der Waals surface area contributed by atoms with Crippen LogP contribution in [0.15, 0.2) is 11.6 Å². The van der Waals surface area contributed by atoms with E-state index >= 15 is 0 Å². The van der Waals surface area contributed by atoms with Crippen LogP contribution in [0, 0.1) is 46.3 Å². The van der Waals surface area contributed by atoms with Gasteiger partial charge in [0.15, 0.2) is 6.29 Å². The van der Waals surface area contributed by atoms with Crippen LogP contribution in [-0.2, 0) is 33.6 Å². The number of fused-ring (bicyclic) bond motifs is 7. The molecule has 0 spiro atoms. The molecule has 5 fully saturated rings. The van der Waals surface area contributed by atoms with Gasteiger partial charge in [0.25, 0.3) is 0 Å². The maximum absolute atomic E-state index is 12.1. The second kappa shape index (κ2) is 12.7. The van der Waals surface area contributed by atoms with E-state index in [1.165, 1.54) is 0 Å². The first kappa shape index (κ1) is 37.5. The van der Waals surface area contributed by atoms with Crippen molar-refractivity contribution in [1.82, 2.24) is 0 Å². The van der Waals surface area contributed by atoms with E-state index in [9.17, 15) is 48.4 Å². The zero-order valence-electron chi connectivity index (χ0n) is 28.9. The third-order valence-electron chi connectivity index (χ3n) is 13.8. The molecule has 0 aromatic heterocycles. The summed E-state index contributed by atoms with van der Waals surface area (Å²) in [5.41, 5.74) is -1.24. The highest BCUT2D eigenvalue weighted by Crippen LogP contribution is 2.69. The van der Waals surface area contributed by atoms with Gasteiger partial charge in [0.2, 0.25) is 10.4 Å². The van der Waals surface area contributed by atoms with Crippen molar-refractivity contribution in [2.24, 2.45) is 46.3 Å². The third-order valence-corrected chi connectivity index (χ3v) is 14.3. The van der Waals surface area contributed by atoms with E-state index in [1.807, 2.05) is 27.7 Å². The van der Waals surface area contributed by atoms with E-state index in [0.717, 1.165) is 5.57 Å². The maximum atomic E-state index is 12.1. The van der Waals surface area contributed by atoms with Crippen LogP contribution in [0.4, 0.5) is 0 Å². The predicted octanol–water partition coefficient (Wildman–Crippen LogP) is -0.255. The number of carboxylic acid groups (broad SMARTS) is 1. The number of aliphatic hydroxyl groups is 5. The molecule has 18 atom stereocenters. The summed E-state index contributed by atoms with van der Waals surface area (Å²) in [4.78, 5) is 11.5. The summed E-state index contributed by atoms with van der Waals surface area (Å²) >= 11 is 0. The lowest BCUT2D eigenvalue weighted by molar-refractivity contribution is -0.354. The molecule has 0 amide bonds. The number of carbonyl (C=O) groups is 1. The van der Waals surface area contributed by atoms with Gasteiger partial charge >= 0.3 is 0 Å². The predicted molar refractivity (Wildman–Crippen MR) is 166 cm³/mol. The Labute approximate surface area is 287 Å². The summed E-state index contributed by atoms with van der Waals surface area (Å²) in [6.07, 6.45) is -8.08. The molecule has 280 valence electrons. The minimum atomic E-state index is -5.13. The molecular formula is C34H52O14S-2. The molecule has 14 nitrogen and oxygen atoms in total. The Morgan fingerprint density at radius 1 is 1.02 bits per heavy atom. The van der Waals surface area contributed by atoms with E-state index < -0.39 is 93.8 Å². The largest absolute Gasteiger partial charge is 0.726 e. The Hall–Kier alpha value is -1.24. The van der Waals surface area contributed by atoms with Gasteiger partial charge in [-0.2, -0.15) is 0 Å². The Morgan fingerprint density at radius 3 is 2.31 bits per heavy atom. The quantitative estimate of drug-likeness (QED) is 0.0943. The van der Waals surface area contributed by atoms with Crippen LogP contribution < -0.4 is 5.11 Å². The Kier molecular flexibility index (Phi) is 9.73. The summed E-state index contributed by atoms with van der Waals surface area (Å²) in [5.74, 6) is -2.71. The van der Waals surface area contributed by atoms with Crippen molar-refractivity contribution in [2.45, 2.75) is 147 Å². The number of hydrogen-bond acceptors (Lipinski definition) is 14. The number of aliphatic carboxylic acids is 1. The van der Waals surface area contributed by atoms with Crippen LogP contribution in [0.2, 0.25) is 0 Å².